The maximum Gasteiger partial charge on any atom is 0.218 e. The van der Waals surface area contributed by atoms with Gasteiger partial charge in [-0.25, -0.2) is 9.97 Å². The zero-order valence-electron chi connectivity index (χ0n) is 12.7. The molecule has 0 bridgehead atoms. The molecular formula is C15H23N5O. The molecule has 0 spiro atoms. The summed E-state index contributed by atoms with van der Waals surface area (Å²) >= 11 is 0. The summed E-state index contributed by atoms with van der Waals surface area (Å²) in [4.78, 5) is 12.9. The lowest BCUT2D eigenvalue weighted by Gasteiger charge is -2.10. The Morgan fingerprint density at radius 1 is 1.29 bits per heavy atom. The third-order valence-corrected chi connectivity index (χ3v) is 2.97. The first kappa shape index (κ1) is 15.3. The van der Waals surface area contributed by atoms with E-state index in [2.05, 4.69) is 31.8 Å². The molecule has 0 aliphatic heterocycles. The number of ether oxygens (including phenoxy) is 1. The van der Waals surface area contributed by atoms with Gasteiger partial charge in [-0.1, -0.05) is 6.92 Å². The summed E-state index contributed by atoms with van der Waals surface area (Å²) in [5.41, 5.74) is 0. The van der Waals surface area contributed by atoms with Crippen LogP contribution in [0.3, 0.4) is 0 Å². The first-order valence-electron chi connectivity index (χ1n) is 7.52. The van der Waals surface area contributed by atoms with Crippen molar-refractivity contribution in [2.45, 2.75) is 39.7 Å². The van der Waals surface area contributed by atoms with Crippen LogP contribution in [0, 0.1) is 0 Å². The van der Waals surface area contributed by atoms with Crippen LogP contribution in [-0.2, 0) is 13.0 Å². The van der Waals surface area contributed by atoms with Crippen LogP contribution in [0.15, 0.2) is 24.8 Å². The SMILES string of the molecule is CCCc1nc(NCCCn2ccnc2)cc(OCC)n1. The largest absolute Gasteiger partial charge is 0.478 e. The van der Waals surface area contributed by atoms with Crippen molar-refractivity contribution in [2.24, 2.45) is 0 Å². The number of aromatic nitrogens is 4. The monoisotopic (exact) mass is 289 g/mol. The van der Waals surface area contributed by atoms with E-state index in [0.717, 1.165) is 44.0 Å². The minimum absolute atomic E-state index is 0.614. The van der Waals surface area contributed by atoms with Gasteiger partial charge in [-0.3, -0.25) is 0 Å². The maximum atomic E-state index is 5.50. The summed E-state index contributed by atoms with van der Waals surface area (Å²) in [6, 6.07) is 1.86. The molecule has 114 valence electrons. The van der Waals surface area contributed by atoms with Gasteiger partial charge in [-0.05, 0) is 19.8 Å². The Bertz CT molecular complexity index is 503. The summed E-state index contributed by atoms with van der Waals surface area (Å²) in [5, 5.41) is 3.34. The number of hydrogen-bond donors (Lipinski definition) is 1. The smallest absolute Gasteiger partial charge is 0.218 e. The molecule has 0 unspecified atom stereocenters. The van der Waals surface area contributed by atoms with Crippen molar-refractivity contribution in [1.29, 1.82) is 0 Å². The highest BCUT2D eigenvalue weighted by Crippen LogP contribution is 2.14. The molecule has 0 saturated carbocycles. The van der Waals surface area contributed by atoms with E-state index in [9.17, 15) is 0 Å². The van der Waals surface area contributed by atoms with E-state index >= 15 is 0 Å². The van der Waals surface area contributed by atoms with Crippen molar-refractivity contribution in [1.82, 2.24) is 19.5 Å². The van der Waals surface area contributed by atoms with Crippen molar-refractivity contribution in [3.05, 3.63) is 30.6 Å². The molecule has 0 aliphatic carbocycles. The van der Waals surface area contributed by atoms with Crippen LogP contribution >= 0.6 is 0 Å². The molecule has 6 nitrogen and oxygen atoms in total. The van der Waals surface area contributed by atoms with Crippen LogP contribution in [0.4, 0.5) is 5.82 Å². The Balaban J connectivity index is 1.88. The molecular weight excluding hydrogens is 266 g/mol. The highest BCUT2D eigenvalue weighted by molar-refractivity contribution is 5.38. The second-order valence-electron chi connectivity index (χ2n) is 4.77. The zero-order valence-corrected chi connectivity index (χ0v) is 12.7. The Morgan fingerprint density at radius 3 is 2.90 bits per heavy atom. The molecule has 2 rings (SSSR count). The van der Waals surface area contributed by atoms with Gasteiger partial charge in [-0.15, -0.1) is 0 Å². The molecule has 2 heterocycles. The molecule has 2 aromatic rings. The molecule has 0 fully saturated rings. The fourth-order valence-electron chi connectivity index (χ4n) is 2.02. The van der Waals surface area contributed by atoms with Gasteiger partial charge in [0.05, 0.1) is 12.9 Å². The van der Waals surface area contributed by atoms with Gasteiger partial charge < -0.3 is 14.6 Å². The highest BCUT2D eigenvalue weighted by atomic mass is 16.5. The minimum Gasteiger partial charge on any atom is -0.478 e. The van der Waals surface area contributed by atoms with E-state index in [1.165, 1.54) is 0 Å². The van der Waals surface area contributed by atoms with E-state index < -0.39 is 0 Å². The predicted octanol–water partition coefficient (Wildman–Crippen LogP) is 2.53. The Labute approximate surface area is 125 Å². The second-order valence-corrected chi connectivity index (χ2v) is 4.77. The van der Waals surface area contributed by atoms with Crippen molar-refractivity contribution < 1.29 is 4.74 Å². The molecule has 21 heavy (non-hydrogen) atoms. The zero-order chi connectivity index (χ0) is 14.9. The van der Waals surface area contributed by atoms with Gasteiger partial charge >= 0.3 is 0 Å². The van der Waals surface area contributed by atoms with E-state index in [-0.39, 0.29) is 0 Å². The van der Waals surface area contributed by atoms with E-state index in [1.807, 2.05) is 25.5 Å². The van der Waals surface area contributed by atoms with Gasteiger partial charge in [-0.2, -0.15) is 4.98 Å². The molecule has 6 heteroatoms. The quantitative estimate of drug-likeness (QED) is 0.719. The summed E-state index contributed by atoms with van der Waals surface area (Å²) in [7, 11) is 0. The fourth-order valence-corrected chi connectivity index (χ4v) is 2.02. The first-order valence-corrected chi connectivity index (χ1v) is 7.52. The van der Waals surface area contributed by atoms with Crippen LogP contribution in [-0.4, -0.2) is 32.7 Å². The Kier molecular flexibility index (Phi) is 5.99. The summed E-state index contributed by atoms with van der Waals surface area (Å²) in [6.45, 7) is 6.49. The van der Waals surface area contributed by atoms with E-state index in [4.69, 9.17) is 4.74 Å². The van der Waals surface area contributed by atoms with Crippen molar-refractivity contribution in [2.75, 3.05) is 18.5 Å². The topological polar surface area (TPSA) is 64.9 Å². The highest BCUT2D eigenvalue weighted by Gasteiger charge is 2.04. The van der Waals surface area contributed by atoms with Gasteiger partial charge in [0.1, 0.15) is 11.6 Å². The van der Waals surface area contributed by atoms with E-state index in [0.29, 0.717) is 12.5 Å². The minimum atomic E-state index is 0.614. The molecule has 0 atom stereocenters. The molecule has 0 aromatic carbocycles. The third-order valence-electron chi connectivity index (χ3n) is 2.97. The van der Waals surface area contributed by atoms with Gasteiger partial charge in [0.25, 0.3) is 0 Å². The average molecular weight is 289 g/mol. The van der Waals surface area contributed by atoms with Crippen LogP contribution in [0.2, 0.25) is 0 Å². The number of nitrogens with zero attached hydrogens (tertiary/aromatic N) is 4. The molecule has 1 N–H and O–H groups in total. The van der Waals surface area contributed by atoms with Crippen LogP contribution in [0.25, 0.3) is 0 Å². The molecule has 0 saturated heterocycles. The Hall–Kier alpha value is -2.11. The van der Waals surface area contributed by atoms with Gasteiger partial charge in [0, 0.05) is 38.0 Å². The van der Waals surface area contributed by atoms with Crippen LogP contribution < -0.4 is 10.1 Å². The van der Waals surface area contributed by atoms with Gasteiger partial charge in [0.15, 0.2) is 0 Å². The molecule has 0 amide bonds. The predicted molar refractivity (Wildman–Crippen MR) is 82.5 cm³/mol. The molecule has 0 radical (unpaired) electrons. The lowest BCUT2D eigenvalue weighted by atomic mass is 10.3. The summed E-state index contributed by atoms with van der Waals surface area (Å²) < 4.78 is 7.56. The second kappa shape index (κ2) is 8.24. The fraction of sp³-hybridized carbons (Fsp3) is 0.533. The number of rotatable bonds is 9. The van der Waals surface area contributed by atoms with Crippen LogP contribution in [0.1, 0.15) is 32.5 Å². The average Bonchev–Trinajstić information content (AvgIpc) is 2.97. The number of nitrogens with one attached hydrogen (secondary N) is 1. The standard InChI is InChI=1S/C15H23N5O/c1-3-6-13-18-14(11-15(19-13)21-4-2)17-7-5-9-20-10-8-16-12-20/h8,10-12H,3-7,9H2,1-2H3,(H,17,18,19). The van der Waals surface area contributed by atoms with Gasteiger partial charge in [0.2, 0.25) is 5.88 Å². The van der Waals surface area contributed by atoms with Crippen molar-refractivity contribution in [3.63, 3.8) is 0 Å². The number of aryl methyl sites for hydroxylation is 2. The summed E-state index contributed by atoms with van der Waals surface area (Å²) in [6.07, 6.45) is 8.49. The number of imidazole rings is 1. The maximum absolute atomic E-state index is 5.50. The summed E-state index contributed by atoms with van der Waals surface area (Å²) in [5.74, 6) is 2.32. The van der Waals surface area contributed by atoms with Crippen LogP contribution in [0.5, 0.6) is 5.88 Å². The van der Waals surface area contributed by atoms with Crippen molar-refractivity contribution in [3.8, 4) is 5.88 Å². The Morgan fingerprint density at radius 2 is 2.19 bits per heavy atom. The normalized spacial score (nSPS) is 10.6. The molecule has 0 aliphatic rings. The number of hydrogen-bond acceptors (Lipinski definition) is 5. The van der Waals surface area contributed by atoms with Crippen molar-refractivity contribution >= 4 is 5.82 Å². The third kappa shape index (κ3) is 5.06. The number of anilines is 1. The lowest BCUT2D eigenvalue weighted by Crippen LogP contribution is -2.09. The molecule has 2 aromatic heterocycles. The lowest BCUT2D eigenvalue weighted by molar-refractivity contribution is 0.325. The van der Waals surface area contributed by atoms with E-state index in [1.54, 1.807) is 6.20 Å². The first-order chi connectivity index (χ1) is 10.3.